The molecule has 1 heterocycles. The fourth-order valence-corrected chi connectivity index (χ4v) is 1.91. The molecule has 1 unspecified atom stereocenters. The normalized spacial score (nSPS) is 12.9. The van der Waals surface area contributed by atoms with Gasteiger partial charge in [-0.1, -0.05) is 18.2 Å². The van der Waals surface area contributed by atoms with E-state index >= 15 is 0 Å². The van der Waals surface area contributed by atoms with Crippen LogP contribution in [0.3, 0.4) is 0 Å². The summed E-state index contributed by atoms with van der Waals surface area (Å²) >= 11 is 0. The van der Waals surface area contributed by atoms with E-state index in [0.717, 1.165) is 10.9 Å². The summed E-state index contributed by atoms with van der Waals surface area (Å²) in [5.74, 6) is -0.480. The Morgan fingerprint density at radius 3 is 2.75 bits per heavy atom. The van der Waals surface area contributed by atoms with Gasteiger partial charge in [0.1, 0.15) is 17.4 Å². The van der Waals surface area contributed by atoms with Crippen molar-refractivity contribution < 1.29 is 14.3 Å². The summed E-state index contributed by atoms with van der Waals surface area (Å²) in [6.45, 7) is 3.65. The average molecular weight is 219 g/mol. The minimum Gasteiger partial charge on any atom is -0.480 e. The minimum atomic E-state index is -1.05. The van der Waals surface area contributed by atoms with Gasteiger partial charge in [0, 0.05) is 10.9 Å². The van der Waals surface area contributed by atoms with E-state index in [1.807, 2.05) is 25.1 Å². The lowest BCUT2D eigenvalue weighted by molar-refractivity contribution is -0.138. The van der Waals surface area contributed by atoms with Gasteiger partial charge in [0.05, 0.1) is 0 Å². The van der Waals surface area contributed by atoms with E-state index in [4.69, 9.17) is 15.3 Å². The van der Waals surface area contributed by atoms with E-state index in [1.54, 1.807) is 6.92 Å². The molecule has 1 aromatic carbocycles. The first-order chi connectivity index (χ1) is 7.52. The summed E-state index contributed by atoms with van der Waals surface area (Å²) in [5.41, 5.74) is 7.89. The monoisotopic (exact) mass is 219 g/mol. The van der Waals surface area contributed by atoms with Crippen LogP contribution >= 0.6 is 0 Å². The van der Waals surface area contributed by atoms with Crippen LogP contribution in [0.1, 0.15) is 22.9 Å². The Bertz CT molecular complexity index is 557. The third-order valence-corrected chi connectivity index (χ3v) is 2.71. The first-order valence-corrected chi connectivity index (χ1v) is 4.99. The lowest BCUT2D eigenvalue weighted by Gasteiger charge is -2.05. The second-order valence-electron chi connectivity index (χ2n) is 3.84. The quantitative estimate of drug-likeness (QED) is 0.811. The number of hydrogen-bond acceptors (Lipinski definition) is 3. The molecule has 1 atom stereocenters. The van der Waals surface area contributed by atoms with Crippen LogP contribution in [0.2, 0.25) is 0 Å². The van der Waals surface area contributed by atoms with E-state index in [0.29, 0.717) is 16.9 Å². The van der Waals surface area contributed by atoms with E-state index < -0.39 is 12.0 Å². The van der Waals surface area contributed by atoms with Gasteiger partial charge in [-0.25, -0.2) is 0 Å². The SMILES string of the molecule is Cc1oc2c(C)cccc2c1C(N)C(=O)O. The van der Waals surface area contributed by atoms with Gasteiger partial charge in [-0.05, 0) is 19.4 Å². The van der Waals surface area contributed by atoms with Crippen LogP contribution < -0.4 is 5.73 Å². The van der Waals surface area contributed by atoms with E-state index in [1.165, 1.54) is 0 Å². The van der Waals surface area contributed by atoms with Gasteiger partial charge in [0.15, 0.2) is 0 Å². The molecular weight excluding hydrogens is 206 g/mol. The number of aliphatic carboxylic acids is 1. The van der Waals surface area contributed by atoms with Crippen molar-refractivity contribution in [1.82, 2.24) is 0 Å². The number of furan rings is 1. The van der Waals surface area contributed by atoms with Gasteiger partial charge in [0.25, 0.3) is 0 Å². The largest absolute Gasteiger partial charge is 0.480 e. The molecule has 0 spiro atoms. The highest BCUT2D eigenvalue weighted by atomic mass is 16.4. The fraction of sp³-hybridized carbons (Fsp3) is 0.250. The molecule has 0 amide bonds. The molecule has 0 bridgehead atoms. The van der Waals surface area contributed by atoms with Crippen LogP contribution in [-0.2, 0) is 4.79 Å². The van der Waals surface area contributed by atoms with Crippen molar-refractivity contribution in [3.05, 3.63) is 35.1 Å². The number of carboxylic acids is 1. The fourth-order valence-electron chi connectivity index (χ4n) is 1.91. The Labute approximate surface area is 92.7 Å². The molecule has 1 aromatic heterocycles. The molecule has 2 rings (SSSR count). The zero-order chi connectivity index (χ0) is 11.9. The van der Waals surface area contributed by atoms with Crippen molar-refractivity contribution in [1.29, 1.82) is 0 Å². The third-order valence-electron chi connectivity index (χ3n) is 2.71. The lowest BCUT2D eigenvalue weighted by Crippen LogP contribution is -2.21. The van der Waals surface area contributed by atoms with Gasteiger partial charge < -0.3 is 15.3 Å². The highest BCUT2D eigenvalue weighted by molar-refractivity contribution is 5.90. The number of aryl methyl sites for hydroxylation is 2. The summed E-state index contributed by atoms with van der Waals surface area (Å²) in [7, 11) is 0. The Morgan fingerprint density at radius 1 is 1.44 bits per heavy atom. The molecule has 2 aromatic rings. The molecule has 3 N–H and O–H groups in total. The second kappa shape index (κ2) is 3.64. The van der Waals surface area contributed by atoms with E-state index in [9.17, 15) is 4.79 Å². The molecule has 0 fully saturated rings. The molecule has 4 heteroatoms. The standard InChI is InChI=1S/C12H13NO3/c1-6-4-3-5-8-9(10(13)12(14)15)7(2)16-11(6)8/h3-5,10H,13H2,1-2H3,(H,14,15). The Hall–Kier alpha value is -1.81. The van der Waals surface area contributed by atoms with E-state index in [-0.39, 0.29) is 0 Å². The number of para-hydroxylation sites is 1. The molecule has 16 heavy (non-hydrogen) atoms. The highest BCUT2D eigenvalue weighted by Gasteiger charge is 2.23. The van der Waals surface area contributed by atoms with Crippen LogP contribution in [0.15, 0.2) is 22.6 Å². The Balaban J connectivity index is 2.74. The van der Waals surface area contributed by atoms with Crippen molar-refractivity contribution in [3.63, 3.8) is 0 Å². The lowest BCUT2D eigenvalue weighted by atomic mass is 10.0. The summed E-state index contributed by atoms with van der Waals surface area (Å²) in [6.07, 6.45) is 0. The number of carboxylic acid groups (broad SMARTS) is 1. The summed E-state index contributed by atoms with van der Waals surface area (Å²) < 4.78 is 5.56. The van der Waals surface area contributed by atoms with Crippen molar-refractivity contribution >= 4 is 16.9 Å². The van der Waals surface area contributed by atoms with Crippen LogP contribution in [0.4, 0.5) is 0 Å². The van der Waals surface area contributed by atoms with Crippen molar-refractivity contribution in [2.75, 3.05) is 0 Å². The highest BCUT2D eigenvalue weighted by Crippen LogP contribution is 2.31. The summed E-state index contributed by atoms with van der Waals surface area (Å²) in [6, 6.07) is 4.58. The summed E-state index contributed by atoms with van der Waals surface area (Å²) in [4.78, 5) is 10.9. The van der Waals surface area contributed by atoms with Gasteiger partial charge in [-0.15, -0.1) is 0 Å². The van der Waals surface area contributed by atoms with Crippen molar-refractivity contribution in [2.45, 2.75) is 19.9 Å². The smallest absolute Gasteiger partial charge is 0.325 e. The first-order valence-electron chi connectivity index (χ1n) is 4.99. The van der Waals surface area contributed by atoms with Gasteiger partial charge in [-0.2, -0.15) is 0 Å². The molecule has 0 aliphatic carbocycles. The molecule has 0 aliphatic rings. The summed E-state index contributed by atoms with van der Waals surface area (Å²) in [5, 5.41) is 9.72. The third kappa shape index (κ3) is 1.47. The number of nitrogens with two attached hydrogens (primary N) is 1. The molecule has 0 aliphatic heterocycles. The number of hydrogen-bond donors (Lipinski definition) is 2. The van der Waals surface area contributed by atoms with E-state index in [2.05, 4.69) is 0 Å². The van der Waals surface area contributed by atoms with Crippen LogP contribution in [0, 0.1) is 13.8 Å². The maximum absolute atomic E-state index is 10.9. The van der Waals surface area contributed by atoms with Gasteiger partial charge >= 0.3 is 5.97 Å². The zero-order valence-electron chi connectivity index (χ0n) is 9.15. The predicted molar refractivity (Wildman–Crippen MR) is 60.3 cm³/mol. The second-order valence-corrected chi connectivity index (χ2v) is 3.84. The molecule has 84 valence electrons. The van der Waals surface area contributed by atoms with Crippen LogP contribution in [-0.4, -0.2) is 11.1 Å². The van der Waals surface area contributed by atoms with Crippen molar-refractivity contribution in [2.24, 2.45) is 5.73 Å². The van der Waals surface area contributed by atoms with Gasteiger partial charge in [0.2, 0.25) is 0 Å². The average Bonchev–Trinajstić information content (AvgIpc) is 2.55. The Kier molecular flexibility index (Phi) is 2.44. The molecule has 0 saturated heterocycles. The van der Waals surface area contributed by atoms with Crippen molar-refractivity contribution in [3.8, 4) is 0 Å². The number of rotatable bonds is 2. The Morgan fingerprint density at radius 2 is 2.12 bits per heavy atom. The topological polar surface area (TPSA) is 76.5 Å². The molecule has 0 radical (unpaired) electrons. The minimum absolute atomic E-state index is 0.561. The molecule has 4 nitrogen and oxygen atoms in total. The number of fused-ring (bicyclic) bond motifs is 1. The van der Waals surface area contributed by atoms with Gasteiger partial charge in [-0.3, -0.25) is 4.79 Å². The number of benzene rings is 1. The predicted octanol–water partition coefficient (Wildman–Crippen LogP) is 2.13. The first kappa shape index (κ1) is 10.7. The van der Waals surface area contributed by atoms with Crippen LogP contribution in [0.5, 0.6) is 0 Å². The van der Waals surface area contributed by atoms with Crippen LogP contribution in [0.25, 0.3) is 11.0 Å². The maximum atomic E-state index is 10.9. The number of carbonyl (C=O) groups is 1. The maximum Gasteiger partial charge on any atom is 0.325 e. The molecular formula is C12H13NO3. The molecule has 0 saturated carbocycles. The zero-order valence-corrected chi connectivity index (χ0v) is 9.15.